The molecule has 0 radical (unpaired) electrons. The van der Waals surface area contributed by atoms with Crippen LogP contribution in [0.4, 0.5) is 10.2 Å². The van der Waals surface area contributed by atoms with Gasteiger partial charge in [-0.3, -0.25) is 0 Å². The van der Waals surface area contributed by atoms with Crippen LogP contribution in [0.2, 0.25) is 0 Å². The SMILES string of the molecule is Nc1c(-c2ccc(F)cc2)cnn1[C@@H]1CCS(=O)(=O)C1. The van der Waals surface area contributed by atoms with Crippen LogP contribution >= 0.6 is 0 Å². The van der Waals surface area contributed by atoms with Crippen LogP contribution < -0.4 is 5.73 Å². The average molecular weight is 295 g/mol. The van der Waals surface area contributed by atoms with Crippen LogP contribution in [-0.4, -0.2) is 29.7 Å². The lowest BCUT2D eigenvalue weighted by molar-refractivity contribution is 0.507. The van der Waals surface area contributed by atoms with Crippen molar-refractivity contribution in [2.24, 2.45) is 0 Å². The summed E-state index contributed by atoms with van der Waals surface area (Å²) in [5, 5.41) is 4.20. The lowest BCUT2D eigenvalue weighted by atomic mass is 10.1. The Morgan fingerprint density at radius 3 is 2.60 bits per heavy atom. The molecular formula is C13H14FN3O2S. The Kier molecular flexibility index (Phi) is 3.01. The van der Waals surface area contributed by atoms with Crippen molar-refractivity contribution in [1.82, 2.24) is 9.78 Å². The molecule has 106 valence electrons. The first kappa shape index (κ1) is 13.1. The van der Waals surface area contributed by atoms with Crippen LogP contribution in [0.5, 0.6) is 0 Å². The van der Waals surface area contributed by atoms with E-state index in [0.29, 0.717) is 17.8 Å². The van der Waals surface area contributed by atoms with Gasteiger partial charge in [-0.1, -0.05) is 12.1 Å². The number of nitrogens with zero attached hydrogens (tertiary/aromatic N) is 2. The number of sulfone groups is 1. The quantitative estimate of drug-likeness (QED) is 0.913. The number of benzene rings is 1. The summed E-state index contributed by atoms with van der Waals surface area (Å²) in [4.78, 5) is 0. The van der Waals surface area contributed by atoms with Gasteiger partial charge in [-0.05, 0) is 24.1 Å². The van der Waals surface area contributed by atoms with Crippen molar-refractivity contribution in [2.75, 3.05) is 17.2 Å². The van der Waals surface area contributed by atoms with E-state index in [0.717, 1.165) is 5.56 Å². The van der Waals surface area contributed by atoms with E-state index in [1.807, 2.05) is 0 Å². The molecule has 0 saturated carbocycles. The number of anilines is 1. The highest BCUT2D eigenvalue weighted by Gasteiger charge is 2.31. The first-order chi connectivity index (χ1) is 9.46. The van der Waals surface area contributed by atoms with Gasteiger partial charge in [-0.2, -0.15) is 5.10 Å². The van der Waals surface area contributed by atoms with E-state index in [4.69, 9.17) is 5.73 Å². The van der Waals surface area contributed by atoms with Gasteiger partial charge in [-0.25, -0.2) is 17.5 Å². The third kappa shape index (κ3) is 2.29. The molecule has 1 aromatic carbocycles. The summed E-state index contributed by atoms with van der Waals surface area (Å²) in [6.07, 6.45) is 2.12. The summed E-state index contributed by atoms with van der Waals surface area (Å²) < 4.78 is 37.5. The first-order valence-electron chi connectivity index (χ1n) is 6.25. The number of hydrogen-bond donors (Lipinski definition) is 1. The fourth-order valence-corrected chi connectivity index (χ4v) is 4.17. The molecule has 1 atom stereocenters. The fraction of sp³-hybridized carbons (Fsp3) is 0.308. The Morgan fingerprint density at radius 2 is 2.00 bits per heavy atom. The lowest BCUT2D eigenvalue weighted by Gasteiger charge is -2.11. The molecule has 0 unspecified atom stereocenters. The minimum absolute atomic E-state index is 0.0712. The van der Waals surface area contributed by atoms with Crippen molar-refractivity contribution in [1.29, 1.82) is 0 Å². The fourth-order valence-electron chi connectivity index (χ4n) is 2.48. The molecule has 0 spiro atoms. The molecule has 0 aliphatic carbocycles. The van der Waals surface area contributed by atoms with E-state index in [2.05, 4.69) is 5.10 Å². The molecule has 1 fully saturated rings. The zero-order chi connectivity index (χ0) is 14.3. The molecule has 1 aromatic heterocycles. The predicted octanol–water partition coefficient (Wildman–Crippen LogP) is 1.63. The Morgan fingerprint density at radius 1 is 1.30 bits per heavy atom. The second-order valence-electron chi connectivity index (χ2n) is 4.95. The predicted molar refractivity (Wildman–Crippen MR) is 74.3 cm³/mol. The van der Waals surface area contributed by atoms with Crippen molar-refractivity contribution in [3.8, 4) is 11.1 Å². The van der Waals surface area contributed by atoms with Crippen molar-refractivity contribution >= 4 is 15.7 Å². The highest BCUT2D eigenvalue weighted by atomic mass is 32.2. The first-order valence-corrected chi connectivity index (χ1v) is 8.08. The molecule has 7 heteroatoms. The second kappa shape index (κ2) is 4.59. The molecule has 1 aliphatic rings. The molecule has 3 rings (SSSR count). The maximum atomic E-state index is 12.9. The second-order valence-corrected chi connectivity index (χ2v) is 7.18. The highest BCUT2D eigenvalue weighted by molar-refractivity contribution is 7.91. The smallest absolute Gasteiger partial charge is 0.152 e. The highest BCUT2D eigenvalue weighted by Crippen LogP contribution is 2.31. The van der Waals surface area contributed by atoms with Crippen LogP contribution in [-0.2, 0) is 9.84 Å². The number of halogens is 1. The molecule has 20 heavy (non-hydrogen) atoms. The van der Waals surface area contributed by atoms with Gasteiger partial charge in [0, 0.05) is 5.56 Å². The van der Waals surface area contributed by atoms with Crippen molar-refractivity contribution < 1.29 is 12.8 Å². The van der Waals surface area contributed by atoms with Crippen LogP contribution in [0.15, 0.2) is 30.5 Å². The van der Waals surface area contributed by atoms with Gasteiger partial charge in [0.25, 0.3) is 0 Å². The summed E-state index contributed by atoms with van der Waals surface area (Å²) in [6.45, 7) is 0. The van der Waals surface area contributed by atoms with Gasteiger partial charge >= 0.3 is 0 Å². The summed E-state index contributed by atoms with van der Waals surface area (Å²) in [5.74, 6) is 0.338. The minimum Gasteiger partial charge on any atom is -0.383 e. The average Bonchev–Trinajstić information content (AvgIpc) is 2.93. The number of rotatable bonds is 2. The Hall–Kier alpha value is -1.89. The van der Waals surface area contributed by atoms with Crippen molar-refractivity contribution in [2.45, 2.75) is 12.5 Å². The van der Waals surface area contributed by atoms with Gasteiger partial charge < -0.3 is 5.73 Å². The molecule has 1 aliphatic heterocycles. The summed E-state index contributed by atoms with van der Waals surface area (Å²) in [7, 11) is -2.99. The molecule has 2 N–H and O–H groups in total. The van der Waals surface area contributed by atoms with Gasteiger partial charge in [0.2, 0.25) is 0 Å². The summed E-state index contributed by atoms with van der Waals surface area (Å²) in [6, 6.07) is 5.74. The van der Waals surface area contributed by atoms with Gasteiger partial charge in [0.15, 0.2) is 9.84 Å². The third-order valence-electron chi connectivity index (χ3n) is 3.54. The lowest BCUT2D eigenvalue weighted by Crippen LogP contribution is -2.14. The van der Waals surface area contributed by atoms with Crippen LogP contribution in [0, 0.1) is 5.82 Å². The van der Waals surface area contributed by atoms with Crippen LogP contribution in [0.25, 0.3) is 11.1 Å². The molecule has 5 nitrogen and oxygen atoms in total. The topological polar surface area (TPSA) is 78.0 Å². The van der Waals surface area contributed by atoms with Crippen LogP contribution in [0.1, 0.15) is 12.5 Å². The van der Waals surface area contributed by atoms with Gasteiger partial charge in [-0.15, -0.1) is 0 Å². The Bertz CT molecular complexity index is 737. The number of nitrogens with two attached hydrogens (primary N) is 1. The monoisotopic (exact) mass is 295 g/mol. The largest absolute Gasteiger partial charge is 0.383 e. The van der Waals surface area contributed by atoms with Crippen molar-refractivity contribution in [3.05, 3.63) is 36.3 Å². The van der Waals surface area contributed by atoms with Gasteiger partial charge in [0.1, 0.15) is 11.6 Å². The molecule has 0 bridgehead atoms. The summed E-state index contributed by atoms with van der Waals surface area (Å²) in [5.41, 5.74) is 7.50. The number of hydrogen-bond acceptors (Lipinski definition) is 4. The number of nitrogen functional groups attached to an aromatic ring is 1. The molecule has 2 aromatic rings. The van der Waals surface area contributed by atoms with E-state index >= 15 is 0 Å². The van der Waals surface area contributed by atoms with E-state index in [1.54, 1.807) is 23.0 Å². The Balaban J connectivity index is 1.95. The van der Waals surface area contributed by atoms with E-state index in [1.165, 1.54) is 12.1 Å². The zero-order valence-corrected chi connectivity index (χ0v) is 11.5. The van der Waals surface area contributed by atoms with Crippen LogP contribution in [0.3, 0.4) is 0 Å². The van der Waals surface area contributed by atoms with E-state index in [9.17, 15) is 12.8 Å². The molecule has 1 saturated heterocycles. The number of aromatic nitrogens is 2. The zero-order valence-electron chi connectivity index (χ0n) is 10.7. The Labute approximate surface area is 116 Å². The normalized spacial score (nSPS) is 21.1. The summed E-state index contributed by atoms with van der Waals surface area (Å²) >= 11 is 0. The maximum absolute atomic E-state index is 12.9. The minimum atomic E-state index is -2.99. The third-order valence-corrected chi connectivity index (χ3v) is 5.29. The van der Waals surface area contributed by atoms with Crippen molar-refractivity contribution in [3.63, 3.8) is 0 Å². The maximum Gasteiger partial charge on any atom is 0.152 e. The standard InChI is InChI=1S/C13H14FN3O2S/c14-10-3-1-9(2-4-10)12-7-16-17(13(12)15)11-5-6-20(18,19)8-11/h1-4,7,11H,5-6,8,15H2/t11-/m1/s1. The van der Waals surface area contributed by atoms with E-state index in [-0.39, 0.29) is 23.4 Å². The van der Waals surface area contributed by atoms with E-state index < -0.39 is 9.84 Å². The molecular weight excluding hydrogens is 281 g/mol. The van der Waals surface area contributed by atoms with Gasteiger partial charge in [0.05, 0.1) is 23.7 Å². The molecule has 0 amide bonds. The molecule has 2 heterocycles.